The number of sulfonamides is 1. The van der Waals surface area contributed by atoms with E-state index in [1.165, 1.54) is 24.4 Å². The van der Waals surface area contributed by atoms with Gasteiger partial charge in [0.15, 0.2) is 0 Å². The van der Waals surface area contributed by atoms with Crippen molar-refractivity contribution in [2.45, 2.75) is 52.0 Å². The molecule has 1 aromatic carbocycles. The number of benzene rings is 1. The van der Waals surface area contributed by atoms with Crippen molar-refractivity contribution in [3.8, 4) is 23.1 Å². The molecule has 0 aliphatic heterocycles. The molecule has 170 valence electrons. The van der Waals surface area contributed by atoms with Crippen LogP contribution in [0, 0.1) is 11.3 Å². The Labute approximate surface area is 185 Å². The zero-order chi connectivity index (χ0) is 23.8. The number of aromatic nitrogens is 2. The molecule has 0 aliphatic carbocycles. The van der Waals surface area contributed by atoms with Crippen molar-refractivity contribution in [3.05, 3.63) is 42.1 Å². The Morgan fingerprint density at radius 2 is 1.88 bits per heavy atom. The van der Waals surface area contributed by atoms with Crippen molar-refractivity contribution in [2.24, 2.45) is 0 Å². The smallest absolute Gasteiger partial charge is 0.387 e. The van der Waals surface area contributed by atoms with E-state index in [0.29, 0.717) is 27.7 Å². The number of rotatable bonds is 6. The fraction of sp³-hybridized carbons (Fsp3) is 0.364. The number of anilines is 1. The zero-order valence-electron chi connectivity index (χ0n) is 18.3. The predicted molar refractivity (Wildman–Crippen MR) is 119 cm³/mol. The Bertz CT molecular complexity index is 1290. The summed E-state index contributed by atoms with van der Waals surface area (Å²) < 4.78 is 58.0. The quantitative estimate of drug-likeness (QED) is 0.536. The van der Waals surface area contributed by atoms with E-state index in [1.807, 2.05) is 18.4 Å². The highest BCUT2D eigenvalue weighted by Crippen LogP contribution is 2.38. The van der Waals surface area contributed by atoms with E-state index >= 15 is 0 Å². The molecule has 0 fully saturated rings. The summed E-state index contributed by atoms with van der Waals surface area (Å²) in [6, 6.07) is 9.72. The first-order valence-corrected chi connectivity index (χ1v) is 11.4. The van der Waals surface area contributed by atoms with E-state index in [9.17, 15) is 22.5 Å². The highest BCUT2D eigenvalue weighted by molar-refractivity contribution is 7.94. The van der Waals surface area contributed by atoms with Crippen molar-refractivity contribution >= 4 is 26.7 Å². The lowest BCUT2D eigenvalue weighted by molar-refractivity contribution is -0.0497. The van der Waals surface area contributed by atoms with Crippen LogP contribution < -0.4 is 9.46 Å². The van der Waals surface area contributed by atoms with Crippen molar-refractivity contribution in [1.29, 1.82) is 5.26 Å². The fourth-order valence-electron chi connectivity index (χ4n) is 3.28. The molecule has 32 heavy (non-hydrogen) atoms. The maximum Gasteiger partial charge on any atom is 0.387 e. The molecule has 0 amide bonds. The summed E-state index contributed by atoms with van der Waals surface area (Å²) >= 11 is 0. The number of hydrogen-bond acceptors (Lipinski definition) is 5. The number of pyridine rings is 1. The van der Waals surface area contributed by atoms with Gasteiger partial charge in [-0.15, -0.1) is 0 Å². The topological polar surface area (TPSA) is 97.0 Å². The van der Waals surface area contributed by atoms with Crippen LogP contribution in [0.15, 0.2) is 36.5 Å². The minimum Gasteiger partial charge on any atom is -0.435 e. The number of halogens is 2. The van der Waals surface area contributed by atoms with Crippen LogP contribution in [-0.2, 0) is 10.0 Å². The lowest BCUT2D eigenvalue weighted by Crippen LogP contribution is -2.33. The molecule has 0 spiro atoms. The van der Waals surface area contributed by atoms with Crippen LogP contribution in [0.1, 0.15) is 46.2 Å². The van der Waals surface area contributed by atoms with Gasteiger partial charge in [-0.05, 0) is 58.9 Å². The second-order valence-electron chi connectivity index (χ2n) is 8.51. The third-order valence-corrected chi connectivity index (χ3v) is 7.00. The monoisotopic (exact) mass is 462 g/mol. The van der Waals surface area contributed by atoms with Gasteiger partial charge in [-0.3, -0.25) is 4.72 Å². The van der Waals surface area contributed by atoms with Crippen LogP contribution in [0.5, 0.6) is 5.75 Å². The molecule has 0 bridgehead atoms. The first-order chi connectivity index (χ1) is 14.9. The van der Waals surface area contributed by atoms with Crippen LogP contribution in [0.2, 0.25) is 0 Å². The van der Waals surface area contributed by atoms with E-state index in [0.717, 1.165) is 0 Å². The molecule has 2 heterocycles. The van der Waals surface area contributed by atoms with Gasteiger partial charge in [0.05, 0.1) is 21.5 Å². The van der Waals surface area contributed by atoms with Gasteiger partial charge in [-0.1, -0.05) is 0 Å². The Morgan fingerprint density at radius 3 is 2.38 bits per heavy atom. The summed E-state index contributed by atoms with van der Waals surface area (Å²) in [5.74, 6) is 0.148. The Hall–Kier alpha value is -3.19. The van der Waals surface area contributed by atoms with Gasteiger partial charge < -0.3 is 9.30 Å². The van der Waals surface area contributed by atoms with Gasteiger partial charge in [0.25, 0.3) is 0 Å². The fourth-order valence-corrected chi connectivity index (χ4v) is 3.99. The number of alkyl halides is 2. The molecule has 0 saturated heterocycles. The maximum absolute atomic E-state index is 12.7. The number of ether oxygens (including phenoxy) is 1. The molecule has 7 nitrogen and oxygen atoms in total. The standard InChI is InChI=1S/C22H24F2N4O3S/c1-13(2)28-18-10-15(31-21(23)24)7-8-16(18)17(11-25)20(28)14-6-9-19(26-12-14)27-32(29,30)22(3,4)5/h6-10,12-13,21H,1-5H3,(H,26,27). The zero-order valence-corrected chi connectivity index (χ0v) is 19.2. The largest absolute Gasteiger partial charge is 0.435 e. The van der Waals surface area contributed by atoms with Crippen LogP contribution in [0.25, 0.3) is 22.2 Å². The average Bonchev–Trinajstić information content (AvgIpc) is 3.00. The highest BCUT2D eigenvalue weighted by atomic mass is 32.2. The van der Waals surface area contributed by atoms with Crippen LogP contribution in [0.4, 0.5) is 14.6 Å². The molecule has 2 aromatic heterocycles. The van der Waals surface area contributed by atoms with Gasteiger partial charge in [0, 0.05) is 29.3 Å². The summed E-state index contributed by atoms with van der Waals surface area (Å²) in [5.41, 5.74) is 2.08. The minimum absolute atomic E-state index is 0.00648. The molecular formula is C22H24F2N4O3S. The maximum atomic E-state index is 12.7. The summed E-state index contributed by atoms with van der Waals surface area (Å²) in [6.45, 7) is 5.59. The first-order valence-electron chi connectivity index (χ1n) is 9.87. The second-order valence-corrected chi connectivity index (χ2v) is 10.9. The Kier molecular flexibility index (Phi) is 6.15. The minimum atomic E-state index is -3.64. The molecular weight excluding hydrogens is 438 g/mol. The predicted octanol–water partition coefficient (Wildman–Crippen LogP) is 5.30. The third kappa shape index (κ3) is 4.39. The van der Waals surface area contributed by atoms with Crippen LogP contribution >= 0.6 is 0 Å². The van der Waals surface area contributed by atoms with Crippen LogP contribution in [0.3, 0.4) is 0 Å². The Morgan fingerprint density at radius 1 is 1.19 bits per heavy atom. The lowest BCUT2D eigenvalue weighted by Gasteiger charge is -2.20. The molecule has 10 heteroatoms. The third-order valence-electron chi connectivity index (χ3n) is 4.91. The van der Waals surface area contributed by atoms with Crippen molar-refractivity contribution in [2.75, 3.05) is 4.72 Å². The number of fused-ring (bicyclic) bond motifs is 1. The van der Waals surface area contributed by atoms with E-state index < -0.39 is 21.4 Å². The Balaban J connectivity index is 2.14. The highest BCUT2D eigenvalue weighted by Gasteiger charge is 2.29. The molecule has 3 rings (SSSR count). The molecule has 0 unspecified atom stereocenters. The summed E-state index contributed by atoms with van der Waals surface area (Å²) in [6.07, 6.45) is 1.48. The van der Waals surface area contributed by atoms with Crippen molar-refractivity contribution in [1.82, 2.24) is 9.55 Å². The number of hydrogen-bond donors (Lipinski definition) is 1. The van der Waals surface area contributed by atoms with Gasteiger partial charge in [-0.2, -0.15) is 14.0 Å². The molecule has 1 N–H and O–H groups in total. The van der Waals surface area contributed by atoms with Gasteiger partial charge in [-0.25, -0.2) is 13.4 Å². The number of nitrogens with zero attached hydrogens (tertiary/aromatic N) is 3. The number of nitriles is 1. The molecule has 0 radical (unpaired) electrons. The van der Waals surface area contributed by atoms with E-state index in [1.54, 1.807) is 32.9 Å². The second kappa shape index (κ2) is 8.39. The summed E-state index contributed by atoms with van der Waals surface area (Å²) in [7, 11) is -3.64. The lowest BCUT2D eigenvalue weighted by atomic mass is 10.1. The van der Waals surface area contributed by atoms with Crippen molar-refractivity contribution in [3.63, 3.8) is 0 Å². The molecule has 0 aliphatic rings. The van der Waals surface area contributed by atoms with E-state index in [2.05, 4.69) is 20.5 Å². The SMILES string of the molecule is CC(C)n1c(-c2ccc(NS(=O)(=O)C(C)(C)C)nc2)c(C#N)c2ccc(OC(F)F)cc21. The van der Waals surface area contributed by atoms with E-state index in [4.69, 9.17) is 0 Å². The summed E-state index contributed by atoms with van der Waals surface area (Å²) in [5, 5.41) is 10.5. The van der Waals surface area contributed by atoms with Gasteiger partial charge >= 0.3 is 6.61 Å². The molecule has 3 aromatic rings. The van der Waals surface area contributed by atoms with Gasteiger partial charge in [0.2, 0.25) is 10.0 Å². The normalized spacial score (nSPS) is 12.4. The van der Waals surface area contributed by atoms with Gasteiger partial charge in [0.1, 0.15) is 17.6 Å². The average molecular weight is 463 g/mol. The molecule has 0 atom stereocenters. The van der Waals surface area contributed by atoms with E-state index in [-0.39, 0.29) is 17.6 Å². The summed E-state index contributed by atoms with van der Waals surface area (Å²) in [4.78, 5) is 4.22. The molecule has 0 saturated carbocycles. The number of nitrogens with one attached hydrogen (secondary N) is 1. The van der Waals surface area contributed by atoms with Crippen molar-refractivity contribution < 1.29 is 21.9 Å². The van der Waals surface area contributed by atoms with Crippen LogP contribution in [-0.4, -0.2) is 29.3 Å². The first kappa shape index (κ1) is 23.5.